The van der Waals surface area contributed by atoms with Crippen molar-refractivity contribution in [3.8, 4) is 11.1 Å². The highest BCUT2D eigenvalue weighted by molar-refractivity contribution is 6.05. The topological polar surface area (TPSA) is 42.0 Å². The number of anilines is 1. The lowest BCUT2D eigenvalue weighted by molar-refractivity contribution is 0.102. The van der Waals surface area contributed by atoms with E-state index in [4.69, 9.17) is 0 Å². The standard InChI is InChI=1S/C20H17FN2O/c1-13-3-4-14(2)19(9-13)23-20(24)17-10-16(11-22-12-17)15-5-7-18(21)8-6-15/h3-12H,1-2H3,(H,23,24). The number of hydrogen-bond acceptors (Lipinski definition) is 2. The molecule has 3 aromatic rings. The van der Waals surface area contributed by atoms with Crippen molar-refractivity contribution in [2.45, 2.75) is 13.8 Å². The fourth-order valence-electron chi connectivity index (χ4n) is 2.43. The van der Waals surface area contributed by atoms with Gasteiger partial charge in [0.15, 0.2) is 0 Å². The van der Waals surface area contributed by atoms with Crippen LogP contribution in [-0.2, 0) is 0 Å². The number of nitrogens with zero attached hydrogens (tertiary/aromatic N) is 1. The summed E-state index contributed by atoms with van der Waals surface area (Å²) in [5.41, 5.74) is 4.89. The number of rotatable bonds is 3. The van der Waals surface area contributed by atoms with Crippen molar-refractivity contribution in [3.05, 3.63) is 83.4 Å². The molecule has 0 aliphatic rings. The zero-order valence-electron chi connectivity index (χ0n) is 13.5. The fourth-order valence-corrected chi connectivity index (χ4v) is 2.43. The molecule has 4 heteroatoms. The number of benzene rings is 2. The van der Waals surface area contributed by atoms with Crippen LogP contribution in [0.4, 0.5) is 10.1 Å². The van der Waals surface area contributed by atoms with Crippen LogP contribution >= 0.6 is 0 Å². The van der Waals surface area contributed by atoms with E-state index < -0.39 is 0 Å². The van der Waals surface area contributed by atoms with Gasteiger partial charge in [-0.3, -0.25) is 9.78 Å². The summed E-state index contributed by atoms with van der Waals surface area (Å²) in [6.45, 7) is 3.92. The van der Waals surface area contributed by atoms with Crippen molar-refractivity contribution >= 4 is 11.6 Å². The van der Waals surface area contributed by atoms with Crippen LogP contribution < -0.4 is 5.32 Å². The van der Waals surface area contributed by atoms with E-state index in [2.05, 4.69) is 10.3 Å². The van der Waals surface area contributed by atoms with Gasteiger partial charge in [-0.05, 0) is 54.8 Å². The highest BCUT2D eigenvalue weighted by Crippen LogP contribution is 2.21. The minimum absolute atomic E-state index is 0.222. The molecule has 2 aromatic carbocycles. The third kappa shape index (κ3) is 3.49. The van der Waals surface area contributed by atoms with Gasteiger partial charge in [0.05, 0.1) is 5.56 Å². The Morgan fingerprint density at radius 2 is 1.71 bits per heavy atom. The van der Waals surface area contributed by atoms with E-state index in [-0.39, 0.29) is 11.7 Å². The van der Waals surface area contributed by atoms with Crippen molar-refractivity contribution < 1.29 is 9.18 Å². The molecular formula is C20H17FN2O. The average molecular weight is 320 g/mol. The Morgan fingerprint density at radius 1 is 0.958 bits per heavy atom. The van der Waals surface area contributed by atoms with Gasteiger partial charge in [-0.1, -0.05) is 24.3 Å². The van der Waals surface area contributed by atoms with Crippen LogP contribution in [0.5, 0.6) is 0 Å². The Hall–Kier alpha value is -3.01. The van der Waals surface area contributed by atoms with Gasteiger partial charge < -0.3 is 5.32 Å². The predicted molar refractivity (Wildman–Crippen MR) is 93.5 cm³/mol. The van der Waals surface area contributed by atoms with Crippen molar-refractivity contribution in [1.82, 2.24) is 4.98 Å². The summed E-state index contributed by atoms with van der Waals surface area (Å²) in [6, 6.07) is 13.8. The summed E-state index contributed by atoms with van der Waals surface area (Å²) < 4.78 is 13.0. The molecule has 0 fully saturated rings. The second-order valence-electron chi connectivity index (χ2n) is 5.74. The van der Waals surface area contributed by atoms with Gasteiger partial charge in [0.25, 0.3) is 5.91 Å². The van der Waals surface area contributed by atoms with E-state index in [0.29, 0.717) is 5.56 Å². The van der Waals surface area contributed by atoms with Gasteiger partial charge in [0, 0.05) is 23.6 Å². The van der Waals surface area contributed by atoms with Gasteiger partial charge in [-0.15, -0.1) is 0 Å². The van der Waals surface area contributed by atoms with E-state index in [9.17, 15) is 9.18 Å². The molecule has 120 valence electrons. The number of nitrogens with one attached hydrogen (secondary N) is 1. The maximum Gasteiger partial charge on any atom is 0.257 e. The molecular weight excluding hydrogens is 303 g/mol. The molecule has 0 radical (unpaired) electrons. The van der Waals surface area contributed by atoms with Crippen LogP contribution in [0.25, 0.3) is 11.1 Å². The maximum absolute atomic E-state index is 13.0. The molecule has 0 aliphatic carbocycles. The predicted octanol–water partition coefficient (Wildman–Crippen LogP) is 4.76. The van der Waals surface area contributed by atoms with E-state index in [0.717, 1.165) is 27.9 Å². The summed E-state index contributed by atoms with van der Waals surface area (Å²) in [5, 5.41) is 2.92. The number of aryl methyl sites for hydroxylation is 2. The fraction of sp³-hybridized carbons (Fsp3) is 0.100. The number of hydrogen-bond donors (Lipinski definition) is 1. The number of amides is 1. The first-order valence-corrected chi connectivity index (χ1v) is 7.62. The Bertz CT molecular complexity index is 888. The molecule has 0 unspecified atom stereocenters. The molecule has 0 bridgehead atoms. The molecule has 0 aliphatic heterocycles. The van der Waals surface area contributed by atoms with Crippen LogP contribution in [-0.4, -0.2) is 10.9 Å². The lowest BCUT2D eigenvalue weighted by Crippen LogP contribution is -2.13. The summed E-state index contributed by atoms with van der Waals surface area (Å²) in [7, 11) is 0. The Kier molecular flexibility index (Phi) is 4.38. The Labute approximate surface area is 140 Å². The monoisotopic (exact) mass is 320 g/mol. The molecule has 1 aromatic heterocycles. The zero-order chi connectivity index (χ0) is 17.1. The normalized spacial score (nSPS) is 10.5. The average Bonchev–Trinajstić information content (AvgIpc) is 2.59. The van der Waals surface area contributed by atoms with Crippen molar-refractivity contribution in [2.75, 3.05) is 5.32 Å². The lowest BCUT2D eigenvalue weighted by atomic mass is 10.1. The first-order chi connectivity index (χ1) is 11.5. The Balaban J connectivity index is 1.87. The molecule has 0 saturated carbocycles. The minimum Gasteiger partial charge on any atom is -0.322 e. The molecule has 1 amide bonds. The van der Waals surface area contributed by atoms with E-state index in [1.807, 2.05) is 32.0 Å². The minimum atomic E-state index is -0.296. The van der Waals surface area contributed by atoms with Crippen LogP contribution in [0.2, 0.25) is 0 Å². The second-order valence-corrected chi connectivity index (χ2v) is 5.74. The molecule has 3 nitrogen and oxygen atoms in total. The highest BCUT2D eigenvalue weighted by Gasteiger charge is 2.10. The summed E-state index contributed by atoms with van der Waals surface area (Å²) in [6.07, 6.45) is 3.18. The molecule has 0 spiro atoms. The number of halogens is 1. The van der Waals surface area contributed by atoms with Crippen molar-refractivity contribution in [2.24, 2.45) is 0 Å². The molecule has 3 rings (SSSR count). The second kappa shape index (κ2) is 6.62. The third-order valence-corrected chi connectivity index (χ3v) is 3.82. The van der Waals surface area contributed by atoms with Crippen LogP contribution in [0, 0.1) is 19.7 Å². The lowest BCUT2D eigenvalue weighted by Gasteiger charge is -2.10. The maximum atomic E-state index is 13.0. The van der Waals surface area contributed by atoms with Gasteiger partial charge in [-0.25, -0.2) is 4.39 Å². The number of carbonyl (C=O) groups is 1. The number of carbonyl (C=O) groups excluding carboxylic acids is 1. The molecule has 1 N–H and O–H groups in total. The summed E-state index contributed by atoms with van der Waals surface area (Å²) >= 11 is 0. The van der Waals surface area contributed by atoms with Gasteiger partial charge in [0.2, 0.25) is 0 Å². The SMILES string of the molecule is Cc1ccc(C)c(NC(=O)c2cncc(-c3ccc(F)cc3)c2)c1. The Morgan fingerprint density at radius 3 is 2.46 bits per heavy atom. The zero-order valence-corrected chi connectivity index (χ0v) is 13.5. The van der Waals surface area contributed by atoms with Gasteiger partial charge >= 0.3 is 0 Å². The van der Waals surface area contributed by atoms with Crippen LogP contribution in [0.15, 0.2) is 60.9 Å². The summed E-state index contributed by atoms with van der Waals surface area (Å²) in [4.78, 5) is 16.6. The molecule has 0 saturated heterocycles. The van der Waals surface area contributed by atoms with Crippen LogP contribution in [0.1, 0.15) is 21.5 Å². The van der Waals surface area contributed by atoms with Crippen LogP contribution in [0.3, 0.4) is 0 Å². The van der Waals surface area contributed by atoms with E-state index >= 15 is 0 Å². The van der Waals surface area contributed by atoms with Crippen molar-refractivity contribution in [1.29, 1.82) is 0 Å². The molecule has 24 heavy (non-hydrogen) atoms. The third-order valence-electron chi connectivity index (χ3n) is 3.82. The van der Waals surface area contributed by atoms with E-state index in [1.54, 1.807) is 24.4 Å². The number of pyridine rings is 1. The largest absolute Gasteiger partial charge is 0.322 e. The van der Waals surface area contributed by atoms with Gasteiger partial charge in [-0.2, -0.15) is 0 Å². The number of aromatic nitrogens is 1. The smallest absolute Gasteiger partial charge is 0.257 e. The van der Waals surface area contributed by atoms with Crippen molar-refractivity contribution in [3.63, 3.8) is 0 Å². The molecule has 1 heterocycles. The summed E-state index contributed by atoms with van der Waals surface area (Å²) in [5.74, 6) is -0.518. The quantitative estimate of drug-likeness (QED) is 0.756. The first kappa shape index (κ1) is 15.9. The molecule has 0 atom stereocenters. The van der Waals surface area contributed by atoms with E-state index in [1.165, 1.54) is 18.3 Å². The van der Waals surface area contributed by atoms with Gasteiger partial charge in [0.1, 0.15) is 5.82 Å². The highest BCUT2D eigenvalue weighted by atomic mass is 19.1. The first-order valence-electron chi connectivity index (χ1n) is 7.62.